The van der Waals surface area contributed by atoms with Gasteiger partial charge in [0, 0.05) is 0 Å². The molecule has 31 heavy (non-hydrogen) atoms. The van der Waals surface area contributed by atoms with Crippen LogP contribution in [0.25, 0.3) is 11.6 Å². The molecule has 0 spiro atoms. The Morgan fingerprint density at radius 1 is 0.903 bits per heavy atom. The number of hydrogen-bond donors (Lipinski definition) is 0. The highest BCUT2D eigenvalue weighted by Gasteiger charge is 2.37. The van der Waals surface area contributed by atoms with Crippen molar-refractivity contribution >= 4 is 24.5 Å². The predicted octanol–water partition coefficient (Wildman–Crippen LogP) is 7.49. The van der Waals surface area contributed by atoms with Gasteiger partial charge < -0.3 is 9.05 Å². The molecule has 0 aliphatic heterocycles. The van der Waals surface area contributed by atoms with Gasteiger partial charge in [-0.05, 0) is 84.4 Å². The molecule has 1 aliphatic rings. The first kappa shape index (κ1) is 24.0. The van der Waals surface area contributed by atoms with Crippen LogP contribution in [0.5, 0.6) is 0 Å². The molecule has 0 saturated carbocycles. The van der Waals surface area contributed by atoms with E-state index in [2.05, 4.69) is 58.9 Å². The summed E-state index contributed by atoms with van der Waals surface area (Å²) in [5, 5.41) is 0.601. The predicted molar refractivity (Wildman–Crippen MR) is 132 cm³/mol. The highest BCUT2D eigenvalue weighted by atomic mass is 31.2. The molecule has 0 atom stereocenters. The first-order valence-electron chi connectivity index (χ1n) is 11.4. The van der Waals surface area contributed by atoms with Gasteiger partial charge in [-0.2, -0.15) is 0 Å². The summed E-state index contributed by atoms with van der Waals surface area (Å²) in [5.41, 5.74) is 6.91. The van der Waals surface area contributed by atoms with Gasteiger partial charge in [0.2, 0.25) is 0 Å². The monoisotopic (exact) mass is 440 g/mol. The Morgan fingerprint density at radius 2 is 1.45 bits per heavy atom. The number of hydrogen-bond acceptors (Lipinski definition) is 3. The molecule has 0 amide bonds. The zero-order valence-corrected chi connectivity index (χ0v) is 21.0. The van der Waals surface area contributed by atoms with Crippen LogP contribution in [0.2, 0.25) is 0 Å². The summed E-state index contributed by atoms with van der Waals surface area (Å²) in [6, 6.07) is 14.6. The summed E-state index contributed by atoms with van der Waals surface area (Å²) in [6.45, 7) is 15.9. The van der Waals surface area contributed by atoms with Crippen LogP contribution in [0.4, 0.5) is 0 Å². The van der Waals surface area contributed by atoms with Crippen LogP contribution in [0, 0.1) is 0 Å². The molecule has 3 rings (SSSR count). The van der Waals surface area contributed by atoms with Crippen molar-refractivity contribution in [2.24, 2.45) is 0 Å². The molecule has 0 heterocycles. The molecule has 0 saturated heterocycles. The minimum absolute atomic E-state index is 0.197. The average Bonchev–Trinajstić information content (AvgIpc) is 2.72. The van der Waals surface area contributed by atoms with Crippen molar-refractivity contribution in [3.63, 3.8) is 0 Å². The van der Waals surface area contributed by atoms with Crippen molar-refractivity contribution in [2.45, 2.75) is 72.1 Å². The zero-order chi connectivity index (χ0) is 22.9. The second kappa shape index (κ2) is 9.06. The van der Waals surface area contributed by atoms with E-state index in [0.29, 0.717) is 18.5 Å². The molecule has 168 valence electrons. The fourth-order valence-electron chi connectivity index (χ4n) is 4.45. The van der Waals surface area contributed by atoms with Crippen LogP contribution in [-0.4, -0.2) is 13.2 Å². The Labute approximate surface area is 188 Å². The lowest BCUT2D eigenvalue weighted by molar-refractivity contribution is 0.230. The molecule has 0 fully saturated rings. The molecule has 0 aromatic heterocycles. The van der Waals surface area contributed by atoms with Crippen molar-refractivity contribution < 1.29 is 13.6 Å². The van der Waals surface area contributed by atoms with E-state index in [1.807, 2.05) is 38.1 Å². The maximum atomic E-state index is 13.0. The lowest BCUT2D eigenvalue weighted by Crippen LogP contribution is -2.33. The molecule has 4 heteroatoms. The lowest BCUT2D eigenvalue weighted by Gasteiger charge is -2.42. The second-order valence-electron chi connectivity index (χ2n) is 9.78. The van der Waals surface area contributed by atoms with Gasteiger partial charge in [0.05, 0.1) is 18.5 Å². The summed E-state index contributed by atoms with van der Waals surface area (Å²) >= 11 is 0. The first-order chi connectivity index (χ1) is 14.5. The van der Waals surface area contributed by atoms with Crippen LogP contribution >= 0.6 is 7.60 Å². The highest BCUT2D eigenvalue weighted by Crippen LogP contribution is 2.47. The topological polar surface area (TPSA) is 35.5 Å². The standard InChI is InChI=1S/C27H37O3P/c1-8-29-31(28,30-9-2)23-13-10-21(11-14-23)18-20(3)22-12-15-24-25(19-22)27(6,7)17-16-26(24,4)5/h10-15,18-19H,8-9,16-17H2,1-7H3. The van der Waals surface area contributed by atoms with E-state index < -0.39 is 7.60 Å². The fourth-order valence-corrected chi connectivity index (χ4v) is 6.01. The molecular weight excluding hydrogens is 403 g/mol. The molecular formula is C27H37O3P. The summed E-state index contributed by atoms with van der Waals surface area (Å²) in [6.07, 6.45) is 4.61. The highest BCUT2D eigenvalue weighted by molar-refractivity contribution is 7.62. The molecule has 3 nitrogen and oxygen atoms in total. The fraction of sp³-hybridized carbons (Fsp3) is 0.481. The molecule has 0 unspecified atom stereocenters. The van der Waals surface area contributed by atoms with Gasteiger partial charge in [-0.3, -0.25) is 4.57 Å². The normalized spacial score (nSPS) is 18.0. The summed E-state index contributed by atoms with van der Waals surface area (Å²) in [4.78, 5) is 0. The van der Waals surface area contributed by atoms with Crippen LogP contribution in [0.3, 0.4) is 0 Å². The Kier molecular flexibility index (Phi) is 7.01. The van der Waals surface area contributed by atoms with Gasteiger partial charge in [-0.25, -0.2) is 0 Å². The number of allylic oxidation sites excluding steroid dienone is 1. The zero-order valence-electron chi connectivity index (χ0n) is 20.1. The Balaban J connectivity index is 1.91. The minimum atomic E-state index is -3.24. The van der Waals surface area contributed by atoms with Crippen molar-refractivity contribution in [1.82, 2.24) is 0 Å². The van der Waals surface area contributed by atoms with Crippen LogP contribution in [-0.2, 0) is 24.4 Å². The number of benzene rings is 2. The largest absolute Gasteiger partial charge is 0.361 e. The third-order valence-electron chi connectivity index (χ3n) is 6.50. The number of rotatable bonds is 7. The van der Waals surface area contributed by atoms with Gasteiger partial charge in [0.1, 0.15) is 0 Å². The maximum Gasteiger partial charge on any atom is 0.361 e. The molecule has 0 bridgehead atoms. The molecule has 2 aromatic carbocycles. The Bertz CT molecular complexity index is 990. The van der Waals surface area contributed by atoms with Gasteiger partial charge in [-0.1, -0.05) is 64.1 Å². The van der Waals surface area contributed by atoms with Crippen LogP contribution in [0.1, 0.15) is 83.6 Å². The van der Waals surface area contributed by atoms with Crippen molar-refractivity contribution in [2.75, 3.05) is 13.2 Å². The van der Waals surface area contributed by atoms with Gasteiger partial charge in [0.25, 0.3) is 0 Å². The summed E-state index contributed by atoms with van der Waals surface area (Å²) in [5.74, 6) is 0. The molecule has 1 aliphatic carbocycles. The van der Waals surface area contributed by atoms with E-state index in [1.54, 1.807) is 0 Å². The van der Waals surface area contributed by atoms with E-state index in [4.69, 9.17) is 9.05 Å². The van der Waals surface area contributed by atoms with E-state index in [0.717, 1.165) is 5.56 Å². The minimum Gasteiger partial charge on any atom is -0.305 e. The van der Waals surface area contributed by atoms with E-state index in [-0.39, 0.29) is 10.8 Å². The smallest absolute Gasteiger partial charge is 0.305 e. The van der Waals surface area contributed by atoms with E-state index in [1.165, 1.54) is 35.1 Å². The maximum absolute atomic E-state index is 13.0. The van der Waals surface area contributed by atoms with Crippen LogP contribution in [0.15, 0.2) is 42.5 Å². The van der Waals surface area contributed by atoms with Crippen molar-refractivity contribution in [1.29, 1.82) is 0 Å². The van der Waals surface area contributed by atoms with Gasteiger partial charge in [-0.15, -0.1) is 0 Å². The number of fused-ring (bicyclic) bond motifs is 1. The Morgan fingerprint density at radius 3 is 2.00 bits per heavy atom. The average molecular weight is 441 g/mol. The van der Waals surface area contributed by atoms with E-state index in [9.17, 15) is 4.57 Å². The van der Waals surface area contributed by atoms with E-state index >= 15 is 0 Å². The van der Waals surface area contributed by atoms with Crippen LogP contribution < -0.4 is 5.30 Å². The third kappa shape index (κ3) is 5.06. The van der Waals surface area contributed by atoms with Gasteiger partial charge >= 0.3 is 7.60 Å². The quantitative estimate of drug-likeness (QED) is 0.330. The molecule has 0 N–H and O–H groups in total. The lowest BCUT2D eigenvalue weighted by atomic mass is 9.63. The second-order valence-corrected chi connectivity index (χ2v) is 11.8. The van der Waals surface area contributed by atoms with Gasteiger partial charge in [0.15, 0.2) is 0 Å². The SMILES string of the molecule is CCOP(=O)(OCC)c1ccc(C=C(C)c2ccc3c(c2)C(C)(C)CCC3(C)C)cc1. The summed E-state index contributed by atoms with van der Waals surface area (Å²) < 4.78 is 23.9. The van der Waals surface area contributed by atoms with Crippen molar-refractivity contribution in [3.05, 3.63) is 64.7 Å². The molecule has 0 radical (unpaired) electrons. The Hall–Kier alpha value is -1.67. The third-order valence-corrected chi connectivity index (χ3v) is 8.63. The summed E-state index contributed by atoms with van der Waals surface area (Å²) in [7, 11) is -3.24. The van der Waals surface area contributed by atoms with Crippen molar-refractivity contribution in [3.8, 4) is 0 Å². The molecule has 2 aromatic rings. The first-order valence-corrected chi connectivity index (χ1v) is 12.9.